The maximum atomic E-state index is 11.4. The number of nitrogens with one attached hydrogen (secondary N) is 1. The van der Waals surface area contributed by atoms with Crippen molar-refractivity contribution in [2.75, 3.05) is 26.2 Å². The first-order chi connectivity index (χ1) is 7.08. The van der Waals surface area contributed by atoms with E-state index in [9.17, 15) is 4.79 Å². The van der Waals surface area contributed by atoms with Gasteiger partial charge in [-0.25, -0.2) is 0 Å². The highest BCUT2D eigenvalue weighted by atomic mass is 16.3. The van der Waals surface area contributed by atoms with Crippen LogP contribution in [0.25, 0.3) is 0 Å². The Morgan fingerprint density at radius 2 is 2.20 bits per heavy atom. The van der Waals surface area contributed by atoms with Crippen LogP contribution in [0.3, 0.4) is 0 Å². The van der Waals surface area contributed by atoms with E-state index in [1.807, 2.05) is 0 Å². The van der Waals surface area contributed by atoms with Gasteiger partial charge in [-0.3, -0.25) is 9.69 Å². The number of rotatable bonds is 4. The summed E-state index contributed by atoms with van der Waals surface area (Å²) in [5, 5.41) is 11.7. The molecule has 5 heteroatoms. The zero-order valence-electron chi connectivity index (χ0n) is 9.28. The lowest BCUT2D eigenvalue weighted by molar-refractivity contribution is -0.122. The minimum Gasteiger partial charge on any atom is -0.392 e. The molecule has 1 heterocycles. The maximum absolute atomic E-state index is 11.4. The largest absolute Gasteiger partial charge is 0.392 e. The number of hydrogen-bond acceptors (Lipinski definition) is 4. The predicted molar refractivity (Wildman–Crippen MR) is 58.3 cm³/mol. The first kappa shape index (κ1) is 12.4. The second kappa shape index (κ2) is 6.05. The molecule has 0 unspecified atom stereocenters. The summed E-state index contributed by atoms with van der Waals surface area (Å²) in [6.07, 6.45) is 1.44. The lowest BCUT2D eigenvalue weighted by atomic mass is 10.1. The van der Waals surface area contributed by atoms with E-state index in [1.165, 1.54) is 0 Å². The third kappa shape index (κ3) is 5.11. The summed E-state index contributed by atoms with van der Waals surface area (Å²) in [5.74, 6) is -0.0219. The highest BCUT2D eigenvalue weighted by Crippen LogP contribution is 2.06. The molecule has 1 aliphatic heterocycles. The van der Waals surface area contributed by atoms with Gasteiger partial charge in [-0.2, -0.15) is 0 Å². The number of hydrogen-bond donors (Lipinski definition) is 3. The molecule has 1 saturated heterocycles. The lowest BCUT2D eigenvalue weighted by Gasteiger charge is -2.29. The normalized spacial score (nSPS) is 21.3. The molecular formula is C10H21N3O2. The Morgan fingerprint density at radius 3 is 2.73 bits per heavy atom. The molecule has 0 radical (unpaired) electrons. The number of carbonyl (C=O) groups is 1. The predicted octanol–water partition coefficient (Wildman–Crippen LogP) is -1.09. The van der Waals surface area contributed by atoms with Gasteiger partial charge in [0, 0.05) is 25.7 Å². The van der Waals surface area contributed by atoms with E-state index in [2.05, 4.69) is 10.2 Å². The molecule has 0 aromatic rings. The van der Waals surface area contributed by atoms with Crippen LogP contribution in [0, 0.1) is 0 Å². The number of nitrogens with two attached hydrogens (primary N) is 1. The monoisotopic (exact) mass is 215 g/mol. The van der Waals surface area contributed by atoms with Crippen LogP contribution in [0.5, 0.6) is 0 Å². The zero-order chi connectivity index (χ0) is 11.3. The fraction of sp³-hybridized carbons (Fsp3) is 0.900. The molecular weight excluding hydrogens is 194 g/mol. The van der Waals surface area contributed by atoms with E-state index in [-0.39, 0.29) is 5.91 Å². The minimum absolute atomic E-state index is 0.0219. The summed E-state index contributed by atoms with van der Waals surface area (Å²) in [6.45, 7) is 4.18. The zero-order valence-corrected chi connectivity index (χ0v) is 9.28. The van der Waals surface area contributed by atoms with Crippen molar-refractivity contribution in [3.63, 3.8) is 0 Å². The highest BCUT2D eigenvalue weighted by Gasteiger charge is 2.17. The van der Waals surface area contributed by atoms with Gasteiger partial charge in [-0.15, -0.1) is 0 Å². The molecule has 15 heavy (non-hydrogen) atoms. The van der Waals surface area contributed by atoms with Gasteiger partial charge in [0.25, 0.3) is 0 Å². The molecule has 1 fully saturated rings. The molecule has 1 amide bonds. The van der Waals surface area contributed by atoms with Gasteiger partial charge in [-0.05, 0) is 19.8 Å². The van der Waals surface area contributed by atoms with E-state index >= 15 is 0 Å². The van der Waals surface area contributed by atoms with Crippen molar-refractivity contribution >= 4 is 5.91 Å². The van der Waals surface area contributed by atoms with Crippen LogP contribution in [-0.2, 0) is 4.79 Å². The van der Waals surface area contributed by atoms with Crippen LogP contribution >= 0.6 is 0 Å². The molecule has 0 spiro atoms. The maximum Gasteiger partial charge on any atom is 0.234 e. The highest BCUT2D eigenvalue weighted by molar-refractivity contribution is 5.78. The van der Waals surface area contributed by atoms with Crippen LogP contribution in [-0.4, -0.2) is 54.2 Å². The number of piperidine rings is 1. The molecule has 4 N–H and O–H groups in total. The van der Waals surface area contributed by atoms with Crippen LogP contribution in [0.4, 0.5) is 0 Å². The van der Waals surface area contributed by atoms with Gasteiger partial charge < -0.3 is 16.2 Å². The summed E-state index contributed by atoms with van der Waals surface area (Å²) in [5.41, 5.74) is 5.77. The lowest BCUT2D eigenvalue weighted by Crippen LogP contribution is -2.45. The van der Waals surface area contributed by atoms with E-state index in [0.29, 0.717) is 19.1 Å². The van der Waals surface area contributed by atoms with E-state index in [0.717, 1.165) is 25.9 Å². The van der Waals surface area contributed by atoms with Crippen LogP contribution in [0.1, 0.15) is 19.8 Å². The van der Waals surface area contributed by atoms with Crippen molar-refractivity contribution < 1.29 is 9.90 Å². The summed E-state index contributed by atoms with van der Waals surface area (Å²) < 4.78 is 0. The molecule has 0 saturated carbocycles. The van der Waals surface area contributed by atoms with Gasteiger partial charge in [0.1, 0.15) is 0 Å². The van der Waals surface area contributed by atoms with E-state index in [4.69, 9.17) is 10.8 Å². The summed E-state index contributed by atoms with van der Waals surface area (Å²) >= 11 is 0. The quantitative estimate of drug-likeness (QED) is 0.556. The smallest absolute Gasteiger partial charge is 0.234 e. The molecule has 0 aromatic carbocycles. The van der Waals surface area contributed by atoms with Gasteiger partial charge in [-0.1, -0.05) is 0 Å². The summed E-state index contributed by atoms with van der Waals surface area (Å²) in [4.78, 5) is 13.5. The average Bonchev–Trinajstić information content (AvgIpc) is 2.19. The Bertz CT molecular complexity index is 201. The Labute approximate surface area is 90.6 Å². The van der Waals surface area contributed by atoms with Crippen molar-refractivity contribution in [1.29, 1.82) is 0 Å². The van der Waals surface area contributed by atoms with Gasteiger partial charge in [0.2, 0.25) is 5.91 Å². The molecule has 88 valence electrons. The van der Waals surface area contributed by atoms with Crippen LogP contribution in [0.2, 0.25) is 0 Å². The number of carbonyl (C=O) groups excluding carboxylic acids is 1. The molecule has 0 bridgehead atoms. The number of amides is 1. The van der Waals surface area contributed by atoms with Crippen molar-refractivity contribution in [3.05, 3.63) is 0 Å². The van der Waals surface area contributed by atoms with Crippen LogP contribution < -0.4 is 11.1 Å². The average molecular weight is 215 g/mol. The topological polar surface area (TPSA) is 78.6 Å². The molecule has 1 atom stereocenters. The second-order valence-electron chi connectivity index (χ2n) is 4.27. The Hall–Kier alpha value is -0.650. The second-order valence-corrected chi connectivity index (χ2v) is 4.27. The number of aliphatic hydroxyl groups excluding tert-OH is 1. The van der Waals surface area contributed by atoms with Crippen molar-refractivity contribution in [2.24, 2.45) is 5.73 Å². The molecule has 0 aromatic heterocycles. The third-order valence-electron chi connectivity index (χ3n) is 2.59. The Morgan fingerprint density at radius 1 is 1.60 bits per heavy atom. The van der Waals surface area contributed by atoms with Crippen molar-refractivity contribution in [1.82, 2.24) is 10.2 Å². The van der Waals surface area contributed by atoms with Crippen molar-refractivity contribution in [3.8, 4) is 0 Å². The first-order valence-corrected chi connectivity index (χ1v) is 5.50. The number of nitrogens with zero attached hydrogens (tertiary/aromatic N) is 1. The first-order valence-electron chi connectivity index (χ1n) is 5.50. The number of likely N-dealkylation sites (tertiary alicyclic amines) is 1. The fourth-order valence-corrected chi connectivity index (χ4v) is 1.63. The van der Waals surface area contributed by atoms with E-state index < -0.39 is 6.10 Å². The van der Waals surface area contributed by atoms with E-state index in [1.54, 1.807) is 6.92 Å². The molecule has 0 aliphatic carbocycles. The molecule has 1 rings (SSSR count). The fourth-order valence-electron chi connectivity index (χ4n) is 1.63. The Balaban J connectivity index is 2.15. The SMILES string of the molecule is C[C@@H](O)CNC(=O)CN1CCC(N)CC1. The van der Waals surface area contributed by atoms with Crippen LogP contribution in [0.15, 0.2) is 0 Å². The number of aliphatic hydroxyl groups is 1. The van der Waals surface area contributed by atoms with Gasteiger partial charge in [0.05, 0.1) is 12.6 Å². The summed E-state index contributed by atoms with van der Waals surface area (Å²) in [7, 11) is 0. The molecule has 5 nitrogen and oxygen atoms in total. The van der Waals surface area contributed by atoms with Gasteiger partial charge in [0.15, 0.2) is 0 Å². The van der Waals surface area contributed by atoms with Gasteiger partial charge >= 0.3 is 0 Å². The standard InChI is InChI=1S/C10H21N3O2/c1-8(14)6-12-10(15)7-13-4-2-9(11)3-5-13/h8-9,14H,2-7,11H2,1H3,(H,12,15)/t8-/m1/s1. The van der Waals surface area contributed by atoms with Crippen molar-refractivity contribution in [2.45, 2.75) is 31.9 Å². The third-order valence-corrected chi connectivity index (χ3v) is 2.59. The molecule has 1 aliphatic rings. The summed E-state index contributed by atoms with van der Waals surface area (Å²) in [6, 6.07) is 0.293. The Kier molecular flexibility index (Phi) is 5.01. The minimum atomic E-state index is -0.483.